The molecule has 3 unspecified atom stereocenters. The van der Waals surface area contributed by atoms with E-state index in [4.69, 9.17) is 15.5 Å². The molecule has 2 N–H and O–H groups in total. The minimum atomic E-state index is 0.397. The molecule has 2 saturated carbocycles. The minimum absolute atomic E-state index is 0.397. The number of aliphatic imine (C=N–C) groups is 1. The van der Waals surface area contributed by atoms with Gasteiger partial charge in [-0.2, -0.15) is 0 Å². The minimum Gasteiger partial charge on any atom is -0.475 e. The van der Waals surface area contributed by atoms with Crippen LogP contribution >= 0.6 is 0 Å². The summed E-state index contributed by atoms with van der Waals surface area (Å²) in [7, 11) is 0. The van der Waals surface area contributed by atoms with Crippen LogP contribution in [0.2, 0.25) is 0 Å². The van der Waals surface area contributed by atoms with Crippen LogP contribution in [0.1, 0.15) is 32.1 Å². The molecule has 1 heterocycles. The third-order valence-corrected chi connectivity index (χ3v) is 3.69. The Morgan fingerprint density at radius 2 is 2.14 bits per heavy atom. The van der Waals surface area contributed by atoms with Crippen LogP contribution in [0.15, 0.2) is 4.99 Å². The quantitative estimate of drug-likeness (QED) is 0.720. The molecule has 0 aromatic carbocycles. The Morgan fingerprint density at radius 3 is 2.86 bits per heavy atom. The van der Waals surface area contributed by atoms with E-state index in [0.29, 0.717) is 24.0 Å². The lowest BCUT2D eigenvalue weighted by Crippen LogP contribution is -2.33. The molecule has 14 heavy (non-hydrogen) atoms. The average molecular weight is 194 g/mol. The SMILES string of the molecule is NCC1CCC2OC(C3CC3)=NC2C1. The zero-order chi connectivity index (χ0) is 9.54. The second-order valence-electron chi connectivity index (χ2n) is 4.88. The van der Waals surface area contributed by atoms with Gasteiger partial charge in [-0.1, -0.05) is 0 Å². The predicted molar refractivity (Wildman–Crippen MR) is 55.2 cm³/mol. The Kier molecular flexibility index (Phi) is 2.01. The third kappa shape index (κ3) is 1.44. The van der Waals surface area contributed by atoms with Crippen LogP contribution in [0.4, 0.5) is 0 Å². The van der Waals surface area contributed by atoms with E-state index in [-0.39, 0.29) is 0 Å². The number of hydrogen-bond acceptors (Lipinski definition) is 3. The summed E-state index contributed by atoms with van der Waals surface area (Å²) in [5.74, 6) is 2.43. The summed E-state index contributed by atoms with van der Waals surface area (Å²) in [4.78, 5) is 4.71. The fourth-order valence-corrected chi connectivity index (χ4v) is 2.57. The smallest absolute Gasteiger partial charge is 0.187 e. The topological polar surface area (TPSA) is 47.6 Å². The number of nitrogens with two attached hydrogens (primary N) is 1. The van der Waals surface area contributed by atoms with Gasteiger partial charge in [0, 0.05) is 5.92 Å². The number of ether oxygens (including phenoxy) is 1. The van der Waals surface area contributed by atoms with E-state index in [2.05, 4.69) is 0 Å². The van der Waals surface area contributed by atoms with Crippen LogP contribution in [0, 0.1) is 11.8 Å². The molecule has 0 aromatic heterocycles. The maximum atomic E-state index is 5.89. The maximum absolute atomic E-state index is 5.89. The molecule has 0 spiro atoms. The zero-order valence-corrected chi connectivity index (χ0v) is 8.48. The molecule has 3 aliphatic rings. The van der Waals surface area contributed by atoms with Crippen molar-refractivity contribution < 1.29 is 4.74 Å². The third-order valence-electron chi connectivity index (χ3n) is 3.69. The molecule has 0 radical (unpaired) electrons. The van der Waals surface area contributed by atoms with Gasteiger partial charge in [-0.3, -0.25) is 0 Å². The zero-order valence-electron chi connectivity index (χ0n) is 8.48. The van der Waals surface area contributed by atoms with Crippen molar-refractivity contribution in [3.63, 3.8) is 0 Å². The van der Waals surface area contributed by atoms with Gasteiger partial charge in [0.1, 0.15) is 6.10 Å². The van der Waals surface area contributed by atoms with Crippen LogP contribution in [0.3, 0.4) is 0 Å². The molecule has 0 aromatic rings. The molecule has 3 rings (SSSR count). The molecule has 2 fully saturated rings. The highest BCUT2D eigenvalue weighted by Crippen LogP contribution is 2.39. The van der Waals surface area contributed by atoms with Gasteiger partial charge in [-0.15, -0.1) is 0 Å². The van der Waals surface area contributed by atoms with E-state index in [1.807, 2.05) is 0 Å². The highest BCUT2D eigenvalue weighted by Gasteiger charge is 2.41. The van der Waals surface area contributed by atoms with Crippen molar-refractivity contribution in [2.24, 2.45) is 22.6 Å². The van der Waals surface area contributed by atoms with Crippen molar-refractivity contribution in [2.45, 2.75) is 44.2 Å². The number of nitrogens with zero attached hydrogens (tertiary/aromatic N) is 1. The fourth-order valence-electron chi connectivity index (χ4n) is 2.57. The van der Waals surface area contributed by atoms with Gasteiger partial charge >= 0.3 is 0 Å². The second kappa shape index (κ2) is 3.23. The number of fused-ring (bicyclic) bond motifs is 1. The van der Waals surface area contributed by atoms with Gasteiger partial charge in [0.05, 0.1) is 6.04 Å². The molecule has 0 bridgehead atoms. The lowest BCUT2D eigenvalue weighted by Gasteiger charge is -2.28. The Morgan fingerprint density at radius 1 is 1.29 bits per heavy atom. The van der Waals surface area contributed by atoms with E-state index in [1.165, 1.54) is 19.3 Å². The van der Waals surface area contributed by atoms with Crippen molar-refractivity contribution in [2.75, 3.05) is 6.54 Å². The molecule has 0 amide bonds. The first-order chi connectivity index (χ1) is 6.86. The fraction of sp³-hybridized carbons (Fsp3) is 0.909. The van der Waals surface area contributed by atoms with Gasteiger partial charge in [0.25, 0.3) is 0 Å². The summed E-state index contributed by atoms with van der Waals surface area (Å²) in [6.07, 6.45) is 6.51. The molecule has 3 heteroatoms. The molecule has 3 nitrogen and oxygen atoms in total. The summed E-state index contributed by atoms with van der Waals surface area (Å²) in [5, 5.41) is 0. The lowest BCUT2D eigenvalue weighted by atomic mass is 9.84. The summed E-state index contributed by atoms with van der Waals surface area (Å²) in [6, 6.07) is 0.438. The molecule has 3 atom stereocenters. The van der Waals surface area contributed by atoms with Crippen LogP contribution in [-0.2, 0) is 4.74 Å². The normalized spacial score (nSPS) is 41.5. The largest absolute Gasteiger partial charge is 0.475 e. The van der Waals surface area contributed by atoms with Gasteiger partial charge in [-0.25, -0.2) is 4.99 Å². The standard InChI is InChI=1S/C11H18N2O/c12-6-7-1-4-10-9(5-7)13-11(14-10)8-2-3-8/h7-10H,1-6,12H2. The van der Waals surface area contributed by atoms with E-state index in [0.717, 1.165) is 25.3 Å². The summed E-state index contributed by atoms with van der Waals surface area (Å²) >= 11 is 0. The van der Waals surface area contributed by atoms with Gasteiger partial charge in [0.15, 0.2) is 5.90 Å². The molecular formula is C11H18N2O. The molecule has 0 saturated heterocycles. The van der Waals surface area contributed by atoms with Crippen LogP contribution in [0.5, 0.6) is 0 Å². The van der Waals surface area contributed by atoms with Crippen LogP contribution in [0.25, 0.3) is 0 Å². The molecular weight excluding hydrogens is 176 g/mol. The Balaban J connectivity index is 1.68. The van der Waals surface area contributed by atoms with Crippen molar-refractivity contribution in [3.8, 4) is 0 Å². The summed E-state index contributed by atoms with van der Waals surface area (Å²) in [5.41, 5.74) is 5.70. The highest BCUT2D eigenvalue weighted by molar-refractivity contribution is 5.82. The van der Waals surface area contributed by atoms with Crippen molar-refractivity contribution >= 4 is 5.90 Å². The Bertz CT molecular complexity index is 260. The van der Waals surface area contributed by atoms with Gasteiger partial charge in [-0.05, 0) is 44.6 Å². The van der Waals surface area contributed by atoms with E-state index in [9.17, 15) is 0 Å². The van der Waals surface area contributed by atoms with Crippen molar-refractivity contribution in [1.82, 2.24) is 0 Å². The second-order valence-corrected chi connectivity index (χ2v) is 4.88. The summed E-state index contributed by atoms with van der Waals surface area (Å²) < 4.78 is 5.89. The predicted octanol–water partition coefficient (Wildman–Crippen LogP) is 1.32. The van der Waals surface area contributed by atoms with Crippen molar-refractivity contribution in [1.29, 1.82) is 0 Å². The maximum Gasteiger partial charge on any atom is 0.187 e. The van der Waals surface area contributed by atoms with E-state index < -0.39 is 0 Å². The molecule has 2 aliphatic carbocycles. The Hall–Kier alpha value is -0.570. The number of rotatable bonds is 2. The lowest BCUT2D eigenvalue weighted by molar-refractivity contribution is 0.126. The monoisotopic (exact) mass is 194 g/mol. The first-order valence-corrected chi connectivity index (χ1v) is 5.81. The highest BCUT2D eigenvalue weighted by atomic mass is 16.5. The first-order valence-electron chi connectivity index (χ1n) is 5.81. The molecule has 78 valence electrons. The van der Waals surface area contributed by atoms with Crippen molar-refractivity contribution in [3.05, 3.63) is 0 Å². The van der Waals surface area contributed by atoms with E-state index in [1.54, 1.807) is 0 Å². The average Bonchev–Trinajstić information content (AvgIpc) is 2.97. The molecule has 1 aliphatic heterocycles. The number of hydrogen-bond donors (Lipinski definition) is 1. The first kappa shape index (κ1) is 8.72. The summed E-state index contributed by atoms with van der Waals surface area (Å²) in [6.45, 7) is 0.817. The Labute approximate surface area is 84.7 Å². The van der Waals surface area contributed by atoms with Crippen LogP contribution < -0.4 is 5.73 Å². The van der Waals surface area contributed by atoms with E-state index >= 15 is 0 Å². The van der Waals surface area contributed by atoms with Gasteiger partial charge in [0.2, 0.25) is 0 Å². The van der Waals surface area contributed by atoms with Crippen LogP contribution in [-0.4, -0.2) is 24.6 Å². The van der Waals surface area contributed by atoms with Gasteiger partial charge < -0.3 is 10.5 Å².